The van der Waals surface area contributed by atoms with Crippen molar-refractivity contribution in [3.63, 3.8) is 0 Å². The molecule has 2 aromatic carbocycles. The van der Waals surface area contributed by atoms with E-state index in [4.69, 9.17) is 4.98 Å². The van der Waals surface area contributed by atoms with Gasteiger partial charge in [-0.2, -0.15) is 4.68 Å². The maximum atomic E-state index is 13.1. The fourth-order valence-corrected chi connectivity index (χ4v) is 3.21. The molecule has 1 amide bonds. The summed E-state index contributed by atoms with van der Waals surface area (Å²) in [4.78, 5) is 19.5. The minimum Gasteiger partial charge on any atom is -0.334 e. The van der Waals surface area contributed by atoms with Crippen molar-refractivity contribution in [2.75, 3.05) is 7.05 Å². The number of nitrogens with zero attached hydrogens (tertiary/aromatic N) is 7. The molecule has 0 aliphatic rings. The van der Waals surface area contributed by atoms with Crippen molar-refractivity contribution < 1.29 is 4.79 Å². The highest BCUT2D eigenvalue weighted by atomic mass is 16.2. The van der Waals surface area contributed by atoms with Crippen LogP contribution in [0.3, 0.4) is 0 Å². The van der Waals surface area contributed by atoms with E-state index in [1.54, 1.807) is 18.0 Å². The van der Waals surface area contributed by atoms with Crippen molar-refractivity contribution in [2.45, 2.75) is 20.0 Å². The van der Waals surface area contributed by atoms with Gasteiger partial charge in [0.25, 0.3) is 5.91 Å². The molecule has 8 heteroatoms. The number of carbonyl (C=O) groups is 1. The van der Waals surface area contributed by atoms with Crippen LogP contribution in [0.5, 0.6) is 0 Å². The molecule has 0 bridgehead atoms. The Balaban J connectivity index is 1.65. The first-order valence-corrected chi connectivity index (χ1v) is 8.71. The quantitative estimate of drug-likeness (QED) is 0.545. The Morgan fingerprint density at radius 2 is 1.89 bits per heavy atom. The Hall–Kier alpha value is -3.55. The van der Waals surface area contributed by atoms with Crippen LogP contribution in [0.2, 0.25) is 0 Å². The molecule has 0 spiro atoms. The van der Waals surface area contributed by atoms with Gasteiger partial charge in [-0.05, 0) is 41.6 Å². The smallest absolute Gasteiger partial charge is 0.256 e. The Morgan fingerprint density at radius 3 is 2.67 bits per heavy atom. The summed E-state index contributed by atoms with van der Waals surface area (Å²) >= 11 is 0. The predicted molar refractivity (Wildman–Crippen MR) is 100 cm³/mol. The van der Waals surface area contributed by atoms with Crippen molar-refractivity contribution in [1.82, 2.24) is 34.7 Å². The first-order valence-electron chi connectivity index (χ1n) is 8.71. The summed E-state index contributed by atoms with van der Waals surface area (Å²) in [6.45, 7) is 3.27. The van der Waals surface area contributed by atoms with Gasteiger partial charge in [-0.3, -0.25) is 4.79 Å². The number of aromatic nitrogens is 6. The minimum atomic E-state index is -0.115. The third-order valence-corrected chi connectivity index (χ3v) is 4.51. The third-order valence-electron chi connectivity index (χ3n) is 4.51. The van der Waals surface area contributed by atoms with E-state index >= 15 is 0 Å². The number of imidazole rings is 1. The molecule has 136 valence electrons. The molecule has 0 N–H and O–H groups in total. The van der Waals surface area contributed by atoms with E-state index in [9.17, 15) is 4.79 Å². The molecule has 4 aromatic rings. The van der Waals surface area contributed by atoms with Gasteiger partial charge in [0.05, 0.1) is 28.8 Å². The molecular weight excluding hydrogens is 342 g/mol. The van der Waals surface area contributed by atoms with Crippen LogP contribution >= 0.6 is 0 Å². The molecule has 0 fully saturated rings. The van der Waals surface area contributed by atoms with Crippen LogP contribution in [0.1, 0.15) is 23.1 Å². The van der Waals surface area contributed by atoms with Crippen LogP contribution in [-0.4, -0.2) is 47.6 Å². The second-order valence-corrected chi connectivity index (χ2v) is 6.19. The molecule has 0 saturated carbocycles. The number of aryl methyl sites for hydroxylation is 1. The normalized spacial score (nSPS) is 11.0. The summed E-state index contributed by atoms with van der Waals surface area (Å²) in [6.07, 6.45) is 1.47. The lowest BCUT2D eigenvalue weighted by molar-refractivity contribution is 0.0780. The highest BCUT2D eigenvalue weighted by Crippen LogP contribution is 2.19. The zero-order chi connectivity index (χ0) is 18.8. The van der Waals surface area contributed by atoms with E-state index in [0.29, 0.717) is 17.8 Å². The number of fused-ring (bicyclic) bond motifs is 1. The average Bonchev–Trinajstić information content (AvgIpc) is 3.34. The molecular formula is C19H19N7O. The molecule has 0 atom stereocenters. The number of hydrogen-bond donors (Lipinski definition) is 0. The monoisotopic (exact) mass is 361 g/mol. The zero-order valence-corrected chi connectivity index (χ0v) is 15.1. The molecule has 8 nitrogen and oxygen atoms in total. The van der Waals surface area contributed by atoms with Crippen molar-refractivity contribution in [3.8, 4) is 5.69 Å². The minimum absolute atomic E-state index is 0.115. The van der Waals surface area contributed by atoms with Crippen molar-refractivity contribution in [1.29, 1.82) is 0 Å². The Bertz CT molecular complexity index is 1080. The average molecular weight is 361 g/mol. The largest absolute Gasteiger partial charge is 0.334 e. The SMILES string of the molecule is CCn1c(CN(C)C(=O)c2ccccc2-n2cnnn2)nc2ccccc21. The number of amides is 1. The van der Waals surface area contributed by atoms with Crippen LogP contribution in [0.4, 0.5) is 0 Å². The zero-order valence-electron chi connectivity index (χ0n) is 15.1. The van der Waals surface area contributed by atoms with Crippen LogP contribution in [-0.2, 0) is 13.1 Å². The maximum absolute atomic E-state index is 13.1. The predicted octanol–water partition coefficient (Wildman–Crippen LogP) is 2.30. The van der Waals surface area contributed by atoms with Gasteiger partial charge in [0.15, 0.2) is 0 Å². The lowest BCUT2D eigenvalue weighted by Crippen LogP contribution is -2.28. The third kappa shape index (κ3) is 3.05. The summed E-state index contributed by atoms with van der Waals surface area (Å²) in [7, 11) is 1.78. The Labute approximate surface area is 156 Å². The van der Waals surface area contributed by atoms with Crippen molar-refractivity contribution >= 4 is 16.9 Å². The first-order chi connectivity index (χ1) is 13.2. The molecule has 27 heavy (non-hydrogen) atoms. The number of hydrogen-bond acceptors (Lipinski definition) is 5. The van der Waals surface area contributed by atoms with Gasteiger partial charge < -0.3 is 9.47 Å². The summed E-state index contributed by atoms with van der Waals surface area (Å²) in [5, 5.41) is 11.2. The summed E-state index contributed by atoms with van der Waals surface area (Å²) < 4.78 is 3.62. The summed E-state index contributed by atoms with van der Waals surface area (Å²) in [5.74, 6) is 0.741. The van der Waals surface area contributed by atoms with Gasteiger partial charge in [0.1, 0.15) is 12.2 Å². The maximum Gasteiger partial charge on any atom is 0.256 e. The first kappa shape index (κ1) is 16.9. The number of tetrazole rings is 1. The van der Waals surface area contributed by atoms with E-state index in [1.165, 1.54) is 11.0 Å². The lowest BCUT2D eigenvalue weighted by Gasteiger charge is -2.19. The van der Waals surface area contributed by atoms with Gasteiger partial charge in [-0.15, -0.1) is 5.10 Å². The molecule has 0 radical (unpaired) electrons. The standard InChI is InChI=1S/C19H19N7O/c1-3-25-17-11-7-5-9-15(17)21-18(25)12-24(2)19(27)14-8-4-6-10-16(14)26-13-20-22-23-26/h4-11,13H,3,12H2,1-2H3. The molecule has 2 aromatic heterocycles. The van der Waals surface area contributed by atoms with Gasteiger partial charge in [0, 0.05) is 13.6 Å². The molecule has 0 aliphatic carbocycles. The van der Waals surface area contributed by atoms with E-state index < -0.39 is 0 Å². The fraction of sp³-hybridized carbons (Fsp3) is 0.211. The van der Waals surface area contributed by atoms with Crippen LogP contribution in [0.25, 0.3) is 16.7 Å². The van der Waals surface area contributed by atoms with E-state index in [-0.39, 0.29) is 5.91 Å². The number of benzene rings is 2. The fourth-order valence-electron chi connectivity index (χ4n) is 3.21. The van der Waals surface area contributed by atoms with Gasteiger partial charge in [-0.1, -0.05) is 24.3 Å². The van der Waals surface area contributed by atoms with E-state index in [1.807, 2.05) is 42.5 Å². The molecule has 0 saturated heterocycles. The number of rotatable bonds is 5. The summed E-state index contributed by atoms with van der Waals surface area (Å²) in [5.41, 5.74) is 3.18. The highest BCUT2D eigenvalue weighted by molar-refractivity contribution is 5.97. The van der Waals surface area contributed by atoms with Crippen LogP contribution in [0, 0.1) is 0 Å². The topological polar surface area (TPSA) is 81.7 Å². The van der Waals surface area contributed by atoms with Crippen molar-refractivity contribution in [2.24, 2.45) is 0 Å². The van der Waals surface area contributed by atoms with Gasteiger partial charge in [0.2, 0.25) is 0 Å². The van der Waals surface area contributed by atoms with E-state index in [2.05, 4.69) is 27.0 Å². The number of carbonyl (C=O) groups excluding carboxylic acids is 1. The van der Waals surface area contributed by atoms with Crippen molar-refractivity contribution in [3.05, 3.63) is 66.2 Å². The molecule has 4 rings (SSSR count). The Morgan fingerprint density at radius 1 is 1.11 bits per heavy atom. The second kappa shape index (κ2) is 6.99. The molecule has 2 heterocycles. The molecule has 0 unspecified atom stereocenters. The van der Waals surface area contributed by atoms with E-state index in [0.717, 1.165) is 23.4 Å². The highest BCUT2D eigenvalue weighted by Gasteiger charge is 2.19. The second-order valence-electron chi connectivity index (χ2n) is 6.19. The summed E-state index contributed by atoms with van der Waals surface area (Å²) in [6, 6.07) is 15.3. The van der Waals surface area contributed by atoms with Crippen LogP contribution in [0.15, 0.2) is 54.9 Å². The Kier molecular flexibility index (Phi) is 4.37. The number of para-hydroxylation sites is 3. The van der Waals surface area contributed by atoms with Gasteiger partial charge in [-0.25, -0.2) is 4.98 Å². The molecule has 0 aliphatic heterocycles. The lowest BCUT2D eigenvalue weighted by atomic mass is 10.1. The van der Waals surface area contributed by atoms with Crippen LogP contribution < -0.4 is 0 Å². The van der Waals surface area contributed by atoms with Gasteiger partial charge >= 0.3 is 0 Å².